The summed E-state index contributed by atoms with van der Waals surface area (Å²) < 4.78 is 5.97. The predicted molar refractivity (Wildman–Crippen MR) is 103 cm³/mol. The zero-order valence-electron chi connectivity index (χ0n) is 15.7. The van der Waals surface area contributed by atoms with Gasteiger partial charge in [0.2, 0.25) is 0 Å². The SMILES string of the molecule is c1cc([C@H]2C[C@@H]3CCCCN3C2)ccc1OCCCN1CCCCC1. The van der Waals surface area contributed by atoms with Gasteiger partial charge in [-0.1, -0.05) is 25.0 Å². The van der Waals surface area contributed by atoms with Gasteiger partial charge in [-0.05, 0) is 81.8 Å². The fourth-order valence-electron chi connectivity index (χ4n) is 4.99. The number of hydrogen-bond donors (Lipinski definition) is 0. The minimum Gasteiger partial charge on any atom is -0.494 e. The molecule has 3 fully saturated rings. The highest BCUT2D eigenvalue weighted by Gasteiger charge is 2.33. The van der Waals surface area contributed by atoms with E-state index < -0.39 is 0 Å². The zero-order chi connectivity index (χ0) is 16.9. The van der Waals surface area contributed by atoms with E-state index in [1.165, 1.54) is 83.2 Å². The van der Waals surface area contributed by atoms with Crippen LogP contribution in [0.2, 0.25) is 0 Å². The number of likely N-dealkylation sites (tertiary alicyclic amines) is 1. The Balaban J connectivity index is 1.20. The molecule has 3 heterocycles. The van der Waals surface area contributed by atoms with Crippen molar-refractivity contribution in [3.05, 3.63) is 29.8 Å². The highest BCUT2D eigenvalue weighted by molar-refractivity contribution is 5.30. The minimum absolute atomic E-state index is 0.733. The Kier molecular flexibility index (Phi) is 5.94. The maximum absolute atomic E-state index is 5.97. The summed E-state index contributed by atoms with van der Waals surface area (Å²) in [6.45, 7) is 7.19. The van der Waals surface area contributed by atoms with Crippen molar-refractivity contribution >= 4 is 0 Å². The fourth-order valence-corrected chi connectivity index (χ4v) is 4.99. The normalized spacial score (nSPS) is 28.0. The molecule has 0 spiro atoms. The molecule has 138 valence electrons. The topological polar surface area (TPSA) is 15.7 Å². The predicted octanol–water partition coefficient (Wildman–Crippen LogP) is 4.28. The van der Waals surface area contributed by atoms with Crippen molar-refractivity contribution in [2.75, 3.05) is 39.3 Å². The summed E-state index contributed by atoms with van der Waals surface area (Å²) in [5, 5.41) is 0. The standard InChI is InChI=1S/C22H34N2O/c1-3-12-23(13-4-1)14-6-16-25-22-10-8-19(9-11-22)20-17-21-7-2-5-15-24(21)18-20/h8-11,20-21H,1-7,12-18H2/t20-,21-/m0/s1. The molecule has 0 saturated carbocycles. The first-order valence-electron chi connectivity index (χ1n) is 10.6. The van der Waals surface area contributed by atoms with Crippen LogP contribution < -0.4 is 4.74 Å². The van der Waals surface area contributed by atoms with Crippen molar-refractivity contribution in [1.29, 1.82) is 0 Å². The maximum atomic E-state index is 5.97. The van der Waals surface area contributed by atoms with Crippen LogP contribution in [0.25, 0.3) is 0 Å². The molecule has 3 nitrogen and oxygen atoms in total. The van der Waals surface area contributed by atoms with Gasteiger partial charge in [0.15, 0.2) is 0 Å². The summed E-state index contributed by atoms with van der Waals surface area (Å²) >= 11 is 0. The molecular formula is C22H34N2O. The van der Waals surface area contributed by atoms with Gasteiger partial charge in [0.1, 0.15) is 5.75 Å². The van der Waals surface area contributed by atoms with E-state index in [4.69, 9.17) is 4.74 Å². The van der Waals surface area contributed by atoms with E-state index in [9.17, 15) is 0 Å². The fraction of sp³-hybridized carbons (Fsp3) is 0.727. The van der Waals surface area contributed by atoms with Crippen LogP contribution >= 0.6 is 0 Å². The summed E-state index contributed by atoms with van der Waals surface area (Å²) in [6.07, 6.45) is 10.9. The van der Waals surface area contributed by atoms with E-state index in [0.29, 0.717) is 0 Å². The average molecular weight is 343 g/mol. The first kappa shape index (κ1) is 17.4. The van der Waals surface area contributed by atoms with Gasteiger partial charge in [-0.3, -0.25) is 4.90 Å². The van der Waals surface area contributed by atoms with Crippen molar-refractivity contribution in [2.45, 2.75) is 63.3 Å². The molecule has 0 aromatic heterocycles. The molecule has 3 heteroatoms. The van der Waals surface area contributed by atoms with E-state index in [1.807, 2.05) is 0 Å². The van der Waals surface area contributed by atoms with Gasteiger partial charge < -0.3 is 9.64 Å². The highest BCUT2D eigenvalue weighted by atomic mass is 16.5. The van der Waals surface area contributed by atoms with Crippen molar-refractivity contribution < 1.29 is 4.74 Å². The molecule has 3 aliphatic heterocycles. The third-order valence-corrected chi connectivity index (χ3v) is 6.45. The largest absolute Gasteiger partial charge is 0.494 e. The lowest BCUT2D eigenvalue weighted by Gasteiger charge is -2.28. The van der Waals surface area contributed by atoms with Crippen LogP contribution in [0, 0.1) is 0 Å². The molecule has 0 aliphatic carbocycles. The number of fused-ring (bicyclic) bond motifs is 1. The van der Waals surface area contributed by atoms with Gasteiger partial charge in [0, 0.05) is 19.1 Å². The van der Waals surface area contributed by atoms with Crippen LogP contribution in [-0.4, -0.2) is 55.2 Å². The van der Waals surface area contributed by atoms with E-state index >= 15 is 0 Å². The molecule has 1 aromatic rings. The lowest BCUT2D eigenvalue weighted by Crippen LogP contribution is -2.33. The molecule has 3 aliphatic rings. The quantitative estimate of drug-likeness (QED) is 0.718. The number of rotatable bonds is 6. The highest BCUT2D eigenvalue weighted by Crippen LogP contribution is 2.36. The van der Waals surface area contributed by atoms with Crippen LogP contribution in [0.3, 0.4) is 0 Å². The zero-order valence-corrected chi connectivity index (χ0v) is 15.7. The molecule has 2 atom stereocenters. The average Bonchev–Trinajstić information content (AvgIpc) is 3.11. The van der Waals surface area contributed by atoms with Gasteiger partial charge in [0.05, 0.1) is 6.61 Å². The number of benzene rings is 1. The van der Waals surface area contributed by atoms with E-state index in [0.717, 1.165) is 30.7 Å². The smallest absolute Gasteiger partial charge is 0.119 e. The van der Waals surface area contributed by atoms with Gasteiger partial charge in [-0.25, -0.2) is 0 Å². The van der Waals surface area contributed by atoms with Gasteiger partial charge in [0.25, 0.3) is 0 Å². The number of ether oxygens (including phenoxy) is 1. The van der Waals surface area contributed by atoms with Crippen molar-refractivity contribution in [3.63, 3.8) is 0 Å². The summed E-state index contributed by atoms with van der Waals surface area (Å²) in [4.78, 5) is 5.31. The number of piperidine rings is 2. The third kappa shape index (κ3) is 4.57. The Labute approximate surface area is 153 Å². The third-order valence-electron chi connectivity index (χ3n) is 6.45. The molecule has 0 unspecified atom stereocenters. The van der Waals surface area contributed by atoms with Crippen molar-refractivity contribution in [3.8, 4) is 5.75 Å². The second-order valence-corrected chi connectivity index (χ2v) is 8.25. The van der Waals surface area contributed by atoms with Crippen molar-refractivity contribution in [2.24, 2.45) is 0 Å². The van der Waals surface area contributed by atoms with E-state index in [2.05, 4.69) is 34.1 Å². The molecule has 0 N–H and O–H groups in total. The summed E-state index contributed by atoms with van der Waals surface area (Å²) in [5.74, 6) is 1.77. The second-order valence-electron chi connectivity index (χ2n) is 8.25. The van der Waals surface area contributed by atoms with Gasteiger partial charge in [-0.15, -0.1) is 0 Å². The lowest BCUT2D eigenvalue weighted by molar-refractivity contribution is 0.197. The van der Waals surface area contributed by atoms with Gasteiger partial charge >= 0.3 is 0 Å². The molecule has 4 rings (SSSR count). The Bertz CT molecular complexity index is 509. The van der Waals surface area contributed by atoms with Crippen LogP contribution in [-0.2, 0) is 0 Å². The second kappa shape index (κ2) is 8.55. The molecule has 3 saturated heterocycles. The Hall–Kier alpha value is -1.06. The monoisotopic (exact) mass is 342 g/mol. The molecule has 0 radical (unpaired) electrons. The Morgan fingerprint density at radius 2 is 1.72 bits per heavy atom. The lowest BCUT2D eigenvalue weighted by atomic mass is 9.94. The Morgan fingerprint density at radius 3 is 2.52 bits per heavy atom. The van der Waals surface area contributed by atoms with Crippen molar-refractivity contribution in [1.82, 2.24) is 9.80 Å². The summed E-state index contributed by atoms with van der Waals surface area (Å²) in [5.41, 5.74) is 1.51. The van der Waals surface area contributed by atoms with Crippen LogP contribution in [0.5, 0.6) is 5.75 Å². The summed E-state index contributed by atoms with van der Waals surface area (Å²) in [6, 6.07) is 9.84. The van der Waals surface area contributed by atoms with E-state index in [-0.39, 0.29) is 0 Å². The molecule has 0 bridgehead atoms. The first-order chi connectivity index (χ1) is 12.4. The molecular weight excluding hydrogens is 308 g/mol. The maximum Gasteiger partial charge on any atom is 0.119 e. The molecule has 0 amide bonds. The number of nitrogens with zero attached hydrogens (tertiary/aromatic N) is 2. The number of hydrogen-bond acceptors (Lipinski definition) is 3. The van der Waals surface area contributed by atoms with E-state index in [1.54, 1.807) is 0 Å². The molecule has 1 aromatic carbocycles. The summed E-state index contributed by atoms with van der Waals surface area (Å²) in [7, 11) is 0. The van der Waals surface area contributed by atoms with Gasteiger partial charge in [-0.2, -0.15) is 0 Å². The van der Waals surface area contributed by atoms with Crippen LogP contribution in [0.1, 0.15) is 62.8 Å². The Morgan fingerprint density at radius 1 is 0.920 bits per heavy atom. The first-order valence-corrected chi connectivity index (χ1v) is 10.6. The minimum atomic E-state index is 0.733. The van der Waals surface area contributed by atoms with Crippen LogP contribution in [0.15, 0.2) is 24.3 Å². The molecule has 25 heavy (non-hydrogen) atoms. The van der Waals surface area contributed by atoms with Crippen LogP contribution in [0.4, 0.5) is 0 Å².